The number of aliphatic hydroxyl groups excluding tert-OH is 1. The number of nitrogens with one attached hydrogen (secondary N) is 2. The van der Waals surface area contributed by atoms with Gasteiger partial charge in [0.25, 0.3) is 5.91 Å². The van der Waals surface area contributed by atoms with Crippen LogP contribution in [-0.4, -0.2) is 49.4 Å². The zero-order chi connectivity index (χ0) is 27.3. The van der Waals surface area contributed by atoms with Gasteiger partial charge in [-0.1, -0.05) is 42.5 Å². The van der Waals surface area contributed by atoms with Gasteiger partial charge in [0.05, 0.1) is 18.0 Å². The molecule has 38 heavy (non-hydrogen) atoms. The average Bonchev–Trinajstić information content (AvgIpc) is 2.93. The normalized spacial score (nSPS) is 12.4. The van der Waals surface area contributed by atoms with Crippen LogP contribution in [-0.2, 0) is 14.3 Å². The van der Waals surface area contributed by atoms with Crippen LogP contribution >= 0.6 is 0 Å². The lowest BCUT2D eigenvalue weighted by molar-refractivity contribution is -0.112. The van der Waals surface area contributed by atoms with Crippen LogP contribution in [0.4, 0.5) is 16.2 Å². The number of nitrogens with two attached hydrogens (primary N) is 1. The Bertz CT molecular complexity index is 1260. The molecule has 0 heterocycles. The van der Waals surface area contributed by atoms with Crippen LogP contribution in [0.3, 0.4) is 0 Å². The Morgan fingerprint density at radius 1 is 1.00 bits per heavy atom. The molecule has 0 aromatic heterocycles. The first-order valence-electron chi connectivity index (χ1n) is 11.7. The van der Waals surface area contributed by atoms with Crippen molar-refractivity contribution in [1.29, 1.82) is 0 Å². The Morgan fingerprint density at radius 2 is 1.74 bits per heavy atom. The van der Waals surface area contributed by atoms with E-state index in [1.165, 1.54) is 19.3 Å². The maximum absolute atomic E-state index is 12.7. The Labute approximate surface area is 220 Å². The van der Waals surface area contributed by atoms with Gasteiger partial charge < -0.3 is 30.4 Å². The number of hydrogen-bond donors (Lipinski definition) is 4. The number of carbonyl (C=O) groups excluding carboxylic acids is 3. The molecule has 2 atom stereocenters. The Morgan fingerprint density at radius 3 is 2.45 bits per heavy atom. The lowest BCUT2D eigenvalue weighted by Gasteiger charge is -2.24. The minimum atomic E-state index is -1.08. The fraction of sp³-hybridized carbons (Fsp3) is 0.179. The second-order valence-electron chi connectivity index (χ2n) is 7.93. The molecule has 0 saturated heterocycles. The predicted octanol–water partition coefficient (Wildman–Crippen LogP) is 3.46. The van der Waals surface area contributed by atoms with E-state index in [4.69, 9.17) is 25.1 Å². The van der Waals surface area contributed by atoms with Crippen molar-refractivity contribution in [3.8, 4) is 5.75 Å². The van der Waals surface area contributed by atoms with E-state index >= 15 is 0 Å². The second-order valence-corrected chi connectivity index (χ2v) is 7.93. The number of methoxy groups -OCH3 is 1. The standard InChI is InChI=1S/C28H29N3O7/c1-36-24(14-15-25(33)30-23-13-6-5-12-22(23)29)26(20-10-7-11-21(18-20)37-17-16-32)38-28(35)31-27(34)19-8-3-2-4-9-19/h2-15,18,24,26,32H,16-17,29H2,1H3,(H,30,33)(H,31,34,35)/b15-14+/t24-,26-/m1/s1. The van der Waals surface area contributed by atoms with Crippen LogP contribution in [0.15, 0.2) is 91.0 Å². The van der Waals surface area contributed by atoms with E-state index in [2.05, 4.69) is 10.6 Å². The molecule has 0 fully saturated rings. The van der Waals surface area contributed by atoms with Crippen molar-refractivity contribution in [2.24, 2.45) is 0 Å². The van der Waals surface area contributed by atoms with Crippen LogP contribution in [0.25, 0.3) is 0 Å². The molecule has 0 saturated carbocycles. The monoisotopic (exact) mass is 519 g/mol. The third-order valence-corrected chi connectivity index (χ3v) is 5.26. The van der Waals surface area contributed by atoms with Crippen molar-refractivity contribution in [1.82, 2.24) is 5.32 Å². The number of amides is 3. The van der Waals surface area contributed by atoms with Crippen molar-refractivity contribution in [3.63, 3.8) is 0 Å². The topological polar surface area (TPSA) is 149 Å². The maximum atomic E-state index is 12.7. The summed E-state index contributed by atoms with van der Waals surface area (Å²) in [7, 11) is 1.39. The van der Waals surface area contributed by atoms with Gasteiger partial charge in [-0.25, -0.2) is 4.79 Å². The smallest absolute Gasteiger partial charge is 0.414 e. The molecular weight excluding hydrogens is 490 g/mol. The van der Waals surface area contributed by atoms with Gasteiger partial charge in [-0.3, -0.25) is 14.9 Å². The second kappa shape index (κ2) is 14.2. The number of aliphatic hydroxyl groups is 1. The number of alkyl carbamates (subject to hydrolysis) is 1. The summed E-state index contributed by atoms with van der Waals surface area (Å²) in [6.07, 6.45) is -0.364. The number of hydrogen-bond acceptors (Lipinski definition) is 8. The van der Waals surface area contributed by atoms with Crippen LogP contribution < -0.4 is 21.1 Å². The van der Waals surface area contributed by atoms with E-state index in [-0.39, 0.29) is 18.8 Å². The number of nitrogen functional groups attached to an aromatic ring is 1. The van der Waals surface area contributed by atoms with Crippen LogP contribution in [0.5, 0.6) is 5.75 Å². The van der Waals surface area contributed by atoms with Gasteiger partial charge in [0.15, 0.2) is 6.10 Å². The highest BCUT2D eigenvalue weighted by molar-refractivity contribution is 6.03. The maximum Gasteiger partial charge on any atom is 0.414 e. The summed E-state index contributed by atoms with van der Waals surface area (Å²) in [6, 6.07) is 21.6. The molecule has 0 unspecified atom stereocenters. The summed E-state index contributed by atoms with van der Waals surface area (Å²) in [4.78, 5) is 37.7. The number of carbonyl (C=O) groups is 3. The van der Waals surface area contributed by atoms with Crippen molar-refractivity contribution in [2.45, 2.75) is 12.2 Å². The predicted molar refractivity (Wildman–Crippen MR) is 142 cm³/mol. The fourth-order valence-electron chi connectivity index (χ4n) is 3.44. The minimum Gasteiger partial charge on any atom is -0.491 e. The summed E-state index contributed by atoms with van der Waals surface area (Å²) in [5, 5.41) is 13.9. The number of para-hydroxylation sites is 2. The van der Waals surface area contributed by atoms with Gasteiger partial charge in [-0.2, -0.15) is 0 Å². The first-order valence-corrected chi connectivity index (χ1v) is 11.7. The van der Waals surface area contributed by atoms with E-state index in [0.29, 0.717) is 22.7 Å². The van der Waals surface area contributed by atoms with E-state index in [1.807, 2.05) is 0 Å². The highest BCUT2D eigenvalue weighted by Crippen LogP contribution is 2.28. The summed E-state index contributed by atoms with van der Waals surface area (Å²) in [5.41, 5.74) is 7.46. The molecule has 0 radical (unpaired) electrons. The van der Waals surface area contributed by atoms with E-state index in [0.717, 1.165) is 0 Å². The average molecular weight is 520 g/mol. The molecule has 0 aliphatic rings. The molecule has 198 valence electrons. The molecule has 3 aromatic rings. The largest absolute Gasteiger partial charge is 0.491 e. The Kier molecular flexibility index (Phi) is 10.4. The number of imide groups is 1. The van der Waals surface area contributed by atoms with Gasteiger partial charge >= 0.3 is 6.09 Å². The molecule has 5 N–H and O–H groups in total. The van der Waals surface area contributed by atoms with Crippen molar-refractivity contribution >= 4 is 29.3 Å². The molecular formula is C28H29N3O7. The van der Waals surface area contributed by atoms with Gasteiger partial charge in [0.1, 0.15) is 18.5 Å². The minimum absolute atomic E-state index is 0.0669. The lowest BCUT2D eigenvalue weighted by atomic mass is 10.0. The number of ether oxygens (including phenoxy) is 3. The van der Waals surface area contributed by atoms with E-state index < -0.39 is 30.1 Å². The number of benzene rings is 3. The van der Waals surface area contributed by atoms with Gasteiger partial charge in [-0.15, -0.1) is 0 Å². The highest BCUT2D eigenvalue weighted by Gasteiger charge is 2.27. The molecule has 3 amide bonds. The van der Waals surface area contributed by atoms with Gasteiger partial charge in [0.2, 0.25) is 5.91 Å². The lowest BCUT2D eigenvalue weighted by Crippen LogP contribution is -2.34. The number of rotatable bonds is 11. The van der Waals surface area contributed by atoms with Crippen molar-refractivity contribution in [2.75, 3.05) is 31.4 Å². The first-order chi connectivity index (χ1) is 18.4. The SMILES string of the molecule is CO[C@H](/C=C/C(=O)Nc1ccccc1N)[C@H](OC(=O)NC(=O)c1ccccc1)c1cccc(OCCO)c1. The third kappa shape index (κ3) is 8.19. The molecule has 3 rings (SSSR count). The zero-order valence-electron chi connectivity index (χ0n) is 20.7. The van der Waals surface area contributed by atoms with E-state index in [9.17, 15) is 14.4 Å². The number of anilines is 2. The van der Waals surface area contributed by atoms with Crippen LogP contribution in [0.2, 0.25) is 0 Å². The molecule has 0 spiro atoms. The molecule has 0 aliphatic heterocycles. The van der Waals surface area contributed by atoms with Gasteiger partial charge in [0, 0.05) is 18.7 Å². The Hall–Kier alpha value is -4.67. The summed E-state index contributed by atoms with van der Waals surface area (Å²) < 4.78 is 16.6. The summed E-state index contributed by atoms with van der Waals surface area (Å²) in [6.45, 7) is -0.115. The highest BCUT2D eigenvalue weighted by atomic mass is 16.6. The van der Waals surface area contributed by atoms with Crippen molar-refractivity contribution < 1.29 is 33.7 Å². The first kappa shape index (κ1) is 27.9. The van der Waals surface area contributed by atoms with Crippen LogP contribution in [0.1, 0.15) is 22.0 Å². The quantitative estimate of drug-likeness (QED) is 0.222. The molecule has 10 nitrogen and oxygen atoms in total. The van der Waals surface area contributed by atoms with Crippen molar-refractivity contribution in [3.05, 3.63) is 102 Å². The van der Waals surface area contributed by atoms with Crippen LogP contribution in [0, 0.1) is 0 Å². The molecule has 10 heteroatoms. The molecule has 0 bridgehead atoms. The summed E-state index contributed by atoms with van der Waals surface area (Å²) >= 11 is 0. The third-order valence-electron chi connectivity index (χ3n) is 5.26. The fourth-order valence-corrected chi connectivity index (χ4v) is 3.44. The molecule has 0 aliphatic carbocycles. The molecule has 3 aromatic carbocycles. The van der Waals surface area contributed by atoms with E-state index in [1.54, 1.807) is 78.9 Å². The van der Waals surface area contributed by atoms with Gasteiger partial charge in [-0.05, 0) is 48.0 Å². The zero-order valence-corrected chi connectivity index (χ0v) is 20.7. The summed E-state index contributed by atoms with van der Waals surface area (Å²) in [5.74, 6) is -0.701. The Balaban J connectivity index is 1.81.